The van der Waals surface area contributed by atoms with E-state index < -0.39 is 16.7 Å². The average Bonchev–Trinajstić information content (AvgIpc) is 2.46. The van der Waals surface area contributed by atoms with Gasteiger partial charge in [0.15, 0.2) is 0 Å². The molecule has 1 heterocycles. The fraction of sp³-hybridized carbons (Fsp3) is 0. The van der Waals surface area contributed by atoms with Crippen molar-refractivity contribution in [3.63, 3.8) is 0 Å². The van der Waals surface area contributed by atoms with E-state index in [1.807, 2.05) is 35.0 Å². The highest BCUT2D eigenvalue weighted by atomic mass is 32.2. The van der Waals surface area contributed by atoms with Crippen LogP contribution in [0.3, 0.4) is 0 Å². The van der Waals surface area contributed by atoms with Crippen molar-refractivity contribution in [3.05, 3.63) is 35.0 Å². The van der Waals surface area contributed by atoms with Crippen molar-refractivity contribution >= 4 is 27.5 Å². The summed E-state index contributed by atoms with van der Waals surface area (Å²) in [6.07, 6.45) is -1.25. The van der Waals surface area contributed by atoms with Crippen LogP contribution in [0.2, 0.25) is 0 Å². The Bertz CT molecular complexity index is 364. The van der Waals surface area contributed by atoms with Crippen molar-refractivity contribution in [2.45, 2.75) is 0 Å². The fourth-order valence-corrected chi connectivity index (χ4v) is 2.50. The summed E-state index contributed by atoms with van der Waals surface area (Å²) in [6.45, 7) is 0. The molecule has 2 N–H and O–H groups in total. The maximum atomic E-state index is 8.93. The average molecular weight is 179 g/mol. The normalized spacial score (nSPS) is 10.5. The van der Waals surface area contributed by atoms with Gasteiger partial charge in [-0.2, -0.15) is 0 Å². The van der Waals surface area contributed by atoms with Crippen LogP contribution in [0, 0.1) is 0 Å². The van der Waals surface area contributed by atoms with E-state index in [1.165, 1.54) is 0 Å². The van der Waals surface area contributed by atoms with Crippen LogP contribution in [-0.4, -0.2) is 16.4 Å². The lowest BCUT2D eigenvalue weighted by Crippen LogP contribution is -2.03. The quantitative estimate of drug-likeness (QED) is 0.513. The van der Waals surface area contributed by atoms with Gasteiger partial charge in [-0.3, -0.25) is 0 Å². The molecule has 1 aromatic heterocycles. The lowest BCUT2D eigenvalue weighted by molar-refractivity contribution is 0.436. The van der Waals surface area contributed by atoms with Crippen LogP contribution in [0.1, 0.15) is 0 Å². The zero-order valence-corrected chi connectivity index (χ0v) is 7.16. The first-order valence-electron chi connectivity index (χ1n) is 3.63. The van der Waals surface area contributed by atoms with Gasteiger partial charge in [-0.05, 0) is 22.5 Å². The van der Waals surface area contributed by atoms with E-state index in [0.717, 1.165) is 10.8 Å². The molecule has 0 amide bonds. The first kappa shape index (κ1) is 7.80. The standard InChI is InChI=1S/C8H8BO2S/c10-9(11)12-5-7-3-1-2-4-8(7)6-12/h1-6,10-11H/q+1. The number of benzene rings is 1. The van der Waals surface area contributed by atoms with Crippen molar-refractivity contribution < 1.29 is 10.0 Å². The van der Waals surface area contributed by atoms with Crippen LogP contribution >= 0.6 is 10.3 Å². The maximum Gasteiger partial charge on any atom is 0.783 e. The Morgan fingerprint density at radius 3 is 1.92 bits per heavy atom. The summed E-state index contributed by atoms with van der Waals surface area (Å²) in [4.78, 5) is 0. The minimum Gasteiger partial charge on any atom is -0.373 e. The lowest BCUT2D eigenvalue weighted by atomic mass is 10.2. The number of thiophene rings is 1. The third-order valence-electron chi connectivity index (χ3n) is 1.77. The molecule has 0 fully saturated rings. The Hall–Kier alpha value is -0.835. The monoisotopic (exact) mass is 179 g/mol. The zero-order chi connectivity index (χ0) is 8.55. The number of hydrogen-bond donors (Lipinski definition) is 2. The Morgan fingerprint density at radius 1 is 1.00 bits per heavy atom. The molecule has 1 aromatic carbocycles. The molecule has 4 heteroatoms. The third kappa shape index (κ3) is 1.24. The molecule has 0 aliphatic heterocycles. The number of hydrogen-bond acceptors (Lipinski definition) is 2. The van der Waals surface area contributed by atoms with E-state index in [4.69, 9.17) is 10.0 Å². The fourth-order valence-electron chi connectivity index (χ4n) is 1.17. The van der Waals surface area contributed by atoms with Gasteiger partial charge in [0.05, 0.1) is 0 Å². The Kier molecular flexibility index (Phi) is 1.88. The van der Waals surface area contributed by atoms with Gasteiger partial charge in [-0.25, -0.2) is 0 Å². The Labute approximate surface area is 73.1 Å². The highest BCUT2D eigenvalue weighted by Gasteiger charge is 2.26. The summed E-state index contributed by atoms with van der Waals surface area (Å²) in [7, 11) is -0.514. The molecule has 0 unspecified atom stereocenters. The van der Waals surface area contributed by atoms with E-state index in [1.54, 1.807) is 0 Å². The molecule has 0 bridgehead atoms. The molecular weight excluding hydrogens is 171 g/mol. The maximum absolute atomic E-state index is 8.93. The molecule has 2 aromatic rings. The van der Waals surface area contributed by atoms with Crippen LogP contribution in [0.4, 0.5) is 0 Å². The van der Waals surface area contributed by atoms with Crippen LogP contribution in [-0.2, 0) is 0 Å². The predicted octanol–water partition coefficient (Wildman–Crippen LogP) is 1.41. The second kappa shape index (κ2) is 2.90. The van der Waals surface area contributed by atoms with Crippen LogP contribution in [0.5, 0.6) is 0 Å². The number of fused-ring (bicyclic) bond motifs is 1. The Balaban J connectivity index is 2.62. The van der Waals surface area contributed by atoms with Gasteiger partial charge in [0.2, 0.25) is 0 Å². The van der Waals surface area contributed by atoms with Crippen LogP contribution in [0.15, 0.2) is 35.0 Å². The predicted molar refractivity (Wildman–Crippen MR) is 52.0 cm³/mol. The van der Waals surface area contributed by atoms with E-state index in [0.29, 0.717) is 0 Å². The third-order valence-corrected chi connectivity index (χ3v) is 3.30. The van der Waals surface area contributed by atoms with Crippen LogP contribution in [0.25, 0.3) is 10.8 Å². The second-order valence-electron chi connectivity index (χ2n) is 2.60. The Morgan fingerprint density at radius 2 is 1.50 bits per heavy atom. The van der Waals surface area contributed by atoms with Crippen LogP contribution < -0.4 is 0 Å². The topological polar surface area (TPSA) is 40.5 Å². The molecule has 0 aliphatic rings. The first-order valence-corrected chi connectivity index (χ1v) is 5.04. The van der Waals surface area contributed by atoms with Gasteiger partial charge in [0.1, 0.15) is 10.8 Å². The van der Waals surface area contributed by atoms with Gasteiger partial charge in [0, 0.05) is 10.8 Å². The highest BCUT2D eigenvalue weighted by Crippen LogP contribution is 2.27. The molecule has 0 radical (unpaired) electrons. The largest absolute Gasteiger partial charge is 0.783 e. The van der Waals surface area contributed by atoms with E-state index in [2.05, 4.69) is 0 Å². The summed E-state index contributed by atoms with van der Waals surface area (Å²) in [5.74, 6) is 0. The molecule has 0 aliphatic carbocycles. The smallest absolute Gasteiger partial charge is 0.373 e. The summed E-state index contributed by atoms with van der Waals surface area (Å²) in [5, 5.41) is 23.8. The van der Waals surface area contributed by atoms with Crippen molar-refractivity contribution in [1.82, 2.24) is 0 Å². The van der Waals surface area contributed by atoms with E-state index >= 15 is 0 Å². The molecule has 0 saturated carbocycles. The molecule has 2 nitrogen and oxygen atoms in total. The highest BCUT2D eigenvalue weighted by molar-refractivity contribution is 7.65. The molecule has 2 rings (SSSR count). The molecule has 12 heavy (non-hydrogen) atoms. The lowest BCUT2D eigenvalue weighted by Gasteiger charge is -1.79. The van der Waals surface area contributed by atoms with Gasteiger partial charge < -0.3 is 10.0 Å². The van der Waals surface area contributed by atoms with E-state index in [9.17, 15) is 0 Å². The van der Waals surface area contributed by atoms with Gasteiger partial charge >= 0.3 is 6.40 Å². The summed E-state index contributed by atoms with van der Waals surface area (Å²) in [6, 6.07) is 7.84. The van der Waals surface area contributed by atoms with E-state index in [-0.39, 0.29) is 0 Å². The zero-order valence-electron chi connectivity index (χ0n) is 6.34. The minimum absolute atomic E-state index is 0.514. The first-order chi connectivity index (χ1) is 5.77. The minimum atomic E-state index is -1.25. The van der Waals surface area contributed by atoms with Crippen molar-refractivity contribution in [2.75, 3.05) is 0 Å². The van der Waals surface area contributed by atoms with Gasteiger partial charge in [-0.15, -0.1) is 0 Å². The second-order valence-corrected chi connectivity index (χ2v) is 4.31. The van der Waals surface area contributed by atoms with Crippen molar-refractivity contribution in [2.24, 2.45) is 0 Å². The molecule has 60 valence electrons. The van der Waals surface area contributed by atoms with Gasteiger partial charge in [-0.1, -0.05) is 12.1 Å². The summed E-state index contributed by atoms with van der Waals surface area (Å²) >= 11 is 0. The summed E-state index contributed by atoms with van der Waals surface area (Å²) < 4.78 is 0. The molecule has 0 saturated heterocycles. The molecule has 0 spiro atoms. The van der Waals surface area contributed by atoms with Gasteiger partial charge in [0.25, 0.3) is 0 Å². The van der Waals surface area contributed by atoms with Crippen molar-refractivity contribution in [1.29, 1.82) is 0 Å². The number of rotatable bonds is 1. The summed E-state index contributed by atoms with van der Waals surface area (Å²) in [5.41, 5.74) is 0. The molecule has 0 atom stereocenters. The molecular formula is C8H8BO2S+. The SMILES string of the molecule is OB(O)[s+]1cc2ccccc2c1. The van der Waals surface area contributed by atoms with Crippen molar-refractivity contribution in [3.8, 4) is 0 Å².